The maximum atomic E-state index is 5.75. The van der Waals surface area contributed by atoms with Crippen LogP contribution in [0, 0.1) is 0 Å². The van der Waals surface area contributed by atoms with Crippen molar-refractivity contribution in [2.24, 2.45) is 12.9 Å². The zero-order valence-corrected chi connectivity index (χ0v) is 11.7. The topological polar surface area (TPSA) is 55.9 Å². The molecule has 3 rings (SSSR count). The van der Waals surface area contributed by atoms with Crippen LogP contribution in [0.25, 0.3) is 0 Å². The Bertz CT molecular complexity index is 541. The highest BCUT2D eigenvalue weighted by molar-refractivity contribution is 8.00. The maximum absolute atomic E-state index is 5.75. The van der Waals surface area contributed by atoms with E-state index in [1.54, 1.807) is 0 Å². The van der Waals surface area contributed by atoms with Crippen LogP contribution in [0.3, 0.4) is 0 Å². The Hall–Kier alpha value is -1.30. The molecule has 2 atom stereocenters. The Morgan fingerprint density at radius 1 is 1.53 bits per heavy atom. The molecule has 0 aliphatic carbocycles. The lowest BCUT2D eigenvalue weighted by Gasteiger charge is -2.21. The number of thioether (sulfide) groups is 1. The van der Waals surface area contributed by atoms with Crippen LogP contribution in [0.15, 0.2) is 41.6 Å². The van der Waals surface area contributed by atoms with E-state index in [9.17, 15) is 0 Å². The zero-order valence-electron chi connectivity index (χ0n) is 10.9. The number of hydrogen-bond donors (Lipinski definition) is 2. The number of benzene rings is 1. The van der Waals surface area contributed by atoms with Crippen molar-refractivity contribution in [3.05, 3.63) is 47.8 Å². The number of nitrogens with two attached hydrogens (primary N) is 1. The second-order valence-corrected chi connectivity index (χ2v) is 6.25. The van der Waals surface area contributed by atoms with Gasteiger partial charge in [-0.25, -0.2) is 0 Å². The minimum atomic E-state index is 0.265. The highest BCUT2D eigenvalue weighted by Crippen LogP contribution is 2.38. The van der Waals surface area contributed by atoms with Crippen molar-refractivity contribution in [2.75, 3.05) is 0 Å². The van der Waals surface area contributed by atoms with Gasteiger partial charge >= 0.3 is 0 Å². The molecule has 4 nitrogen and oxygen atoms in total. The third-order valence-corrected chi connectivity index (χ3v) is 5.00. The van der Waals surface area contributed by atoms with E-state index < -0.39 is 0 Å². The van der Waals surface area contributed by atoms with Crippen LogP contribution >= 0.6 is 11.8 Å². The summed E-state index contributed by atoms with van der Waals surface area (Å²) in [7, 11) is 1.94. The number of aryl methyl sites for hydroxylation is 1. The van der Waals surface area contributed by atoms with Crippen LogP contribution in [-0.2, 0) is 19.9 Å². The van der Waals surface area contributed by atoms with Gasteiger partial charge in [0.2, 0.25) is 0 Å². The Kier molecular flexibility index (Phi) is 3.59. The van der Waals surface area contributed by atoms with E-state index in [4.69, 9.17) is 5.84 Å². The predicted octanol–water partition coefficient (Wildman–Crippen LogP) is 1.51. The van der Waals surface area contributed by atoms with Crippen molar-refractivity contribution in [1.82, 2.24) is 15.2 Å². The summed E-state index contributed by atoms with van der Waals surface area (Å²) in [6.07, 6.45) is 5.96. The molecule has 2 heterocycles. The average molecular weight is 274 g/mol. The quantitative estimate of drug-likeness (QED) is 0.655. The van der Waals surface area contributed by atoms with Gasteiger partial charge in [0.1, 0.15) is 0 Å². The number of aromatic nitrogens is 2. The number of nitrogens with one attached hydrogen (secondary N) is 1. The molecule has 5 heteroatoms. The summed E-state index contributed by atoms with van der Waals surface area (Å²) in [5.41, 5.74) is 5.64. The Balaban J connectivity index is 1.71. The van der Waals surface area contributed by atoms with Crippen molar-refractivity contribution >= 4 is 11.8 Å². The summed E-state index contributed by atoms with van der Waals surface area (Å²) < 4.78 is 1.83. The third kappa shape index (κ3) is 2.68. The first-order valence-corrected chi connectivity index (χ1v) is 7.32. The van der Waals surface area contributed by atoms with Gasteiger partial charge in [0, 0.05) is 29.4 Å². The van der Waals surface area contributed by atoms with Gasteiger partial charge in [-0.15, -0.1) is 11.8 Å². The fraction of sp³-hybridized carbons (Fsp3) is 0.357. The molecule has 0 spiro atoms. The van der Waals surface area contributed by atoms with Crippen LogP contribution in [0.1, 0.15) is 11.1 Å². The molecule has 2 aromatic rings. The number of nitrogens with zero attached hydrogens (tertiary/aromatic N) is 2. The van der Waals surface area contributed by atoms with Crippen molar-refractivity contribution in [3.8, 4) is 0 Å². The molecule has 0 radical (unpaired) electrons. The first kappa shape index (κ1) is 12.7. The molecule has 3 N–H and O–H groups in total. The van der Waals surface area contributed by atoms with Crippen LogP contribution in [0.4, 0.5) is 0 Å². The van der Waals surface area contributed by atoms with Crippen molar-refractivity contribution in [3.63, 3.8) is 0 Å². The van der Waals surface area contributed by atoms with Gasteiger partial charge in [-0.3, -0.25) is 16.0 Å². The first-order chi connectivity index (χ1) is 9.26. The molecule has 0 fully saturated rings. The van der Waals surface area contributed by atoms with E-state index in [0.29, 0.717) is 5.25 Å². The van der Waals surface area contributed by atoms with E-state index in [1.807, 2.05) is 29.7 Å². The van der Waals surface area contributed by atoms with E-state index in [0.717, 1.165) is 12.8 Å². The summed E-state index contributed by atoms with van der Waals surface area (Å²) in [6, 6.07) is 8.87. The van der Waals surface area contributed by atoms with E-state index in [-0.39, 0.29) is 6.04 Å². The fourth-order valence-corrected chi connectivity index (χ4v) is 3.95. The molecule has 0 amide bonds. The fourth-order valence-electron chi connectivity index (χ4n) is 2.56. The molecule has 0 saturated carbocycles. The normalized spacial score (nSPS) is 19.4. The highest BCUT2D eigenvalue weighted by atomic mass is 32.2. The number of rotatable bonds is 4. The minimum absolute atomic E-state index is 0.265. The molecular formula is C14H18N4S. The lowest BCUT2D eigenvalue weighted by atomic mass is 10.0. The van der Waals surface area contributed by atoms with Gasteiger partial charge in [-0.2, -0.15) is 5.10 Å². The Morgan fingerprint density at radius 2 is 2.37 bits per heavy atom. The summed E-state index contributed by atoms with van der Waals surface area (Å²) in [5, 5.41) is 4.70. The van der Waals surface area contributed by atoms with Gasteiger partial charge in [0.15, 0.2) is 0 Å². The summed E-state index contributed by atoms with van der Waals surface area (Å²) >= 11 is 1.93. The van der Waals surface area contributed by atoms with Gasteiger partial charge in [-0.05, 0) is 30.0 Å². The molecule has 1 aliphatic rings. The van der Waals surface area contributed by atoms with Crippen LogP contribution in [0.5, 0.6) is 0 Å². The molecule has 1 aliphatic heterocycles. The average Bonchev–Trinajstić information content (AvgIpc) is 3.01. The number of hydrogen-bond acceptors (Lipinski definition) is 4. The Morgan fingerprint density at radius 3 is 3.05 bits per heavy atom. The molecule has 19 heavy (non-hydrogen) atoms. The van der Waals surface area contributed by atoms with Gasteiger partial charge in [0.05, 0.1) is 6.20 Å². The van der Waals surface area contributed by atoms with Crippen molar-refractivity contribution in [1.29, 1.82) is 0 Å². The minimum Gasteiger partial charge on any atom is -0.276 e. The highest BCUT2D eigenvalue weighted by Gasteiger charge is 2.29. The second-order valence-electron chi connectivity index (χ2n) is 4.97. The molecule has 100 valence electrons. The lowest BCUT2D eigenvalue weighted by Crippen LogP contribution is -2.44. The third-order valence-electron chi connectivity index (χ3n) is 3.55. The van der Waals surface area contributed by atoms with E-state index >= 15 is 0 Å². The second kappa shape index (κ2) is 5.36. The monoisotopic (exact) mass is 274 g/mol. The largest absolute Gasteiger partial charge is 0.276 e. The van der Waals surface area contributed by atoms with E-state index in [2.05, 4.69) is 41.0 Å². The van der Waals surface area contributed by atoms with Crippen LogP contribution < -0.4 is 11.3 Å². The number of fused-ring (bicyclic) bond motifs is 1. The van der Waals surface area contributed by atoms with E-state index in [1.165, 1.54) is 16.0 Å². The molecule has 2 unspecified atom stereocenters. The number of hydrazine groups is 1. The zero-order chi connectivity index (χ0) is 13.2. The summed E-state index contributed by atoms with van der Waals surface area (Å²) in [6.45, 7) is 0. The summed E-state index contributed by atoms with van der Waals surface area (Å²) in [5.74, 6) is 5.75. The first-order valence-electron chi connectivity index (χ1n) is 6.44. The van der Waals surface area contributed by atoms with Crippen molar-refractivity contribution < 1.29 is 0 Å². The standard InChI is InChI=1S/C14H18N4S/c1-18-9-10(8-16-18)6-12(17-15)14-7-11-4-2-3-5-13(11)19-14/h2-5,8-9,12,14,17H,6-7,15H2,1H3. The predicted molar refractivity (Wildman–Crippen MR) is 77.8 cm³/mol. The Labute approximate surface area is 117 Å². The molecule has 1 aromatic heterocycles. The van der Waals surface area contributed by atoms with Crippen LogP contribution in [0.2, 0.25) is 0 Å². The van der Waals surface area contributed by atoms with Crippen molar-refractivity contribution in [2.45, 2.75) is 29.0 Å². The molecule has 0 saturated heterocycles. The molecular weight excluding hydrogens is 256 g/mol. The van der Waals surface area contributed by atoms with Gasteiger partial charge in [0.25, 0.3) is 0 Å². The molecule has 1 aromatic carbocycles. The van der Waals surface area contributed by atoms with Gasteiger partial charge in [-0.1, -0.05) is 18.2 Å². The SMILES string of the molecule is Cn1cc(CC(NN)C2Cc3ccccc3S2)cn1. The van der Waals surface area contributed by atoms with Gasteiger partial charge < -0.3 is 0 Å². The molecule has 0 bridgehead atoms. The summed E-state index contributed by atoms with van der Waals surface area (Å²) in [4.78, 5) is 1.39. The lowest BCUT2D eigenvalue weighted by molar-refractivity contribution is 0.506. The smallest absolute Gasteiger partial charge is 0.0522 e. The van der Waals surface area contributed by atoms with Crippen LogP contribution in [-0.4, -0.2) is 21.1 Å². The maximum Gasteiger partial charge on any atom is 0.0522 e.